The highest BCUT2D eigenvalue weighted by molar-refractivity contribution is 6.09. The zero-order valence-corrected chi connectivity index (χ0v) is 16.8. The van der Waals surface area contributed by atoms with Crippen molar-refractivity contribution in [2.45, 2.75) is 12.8 Å². The van der Waals surface area contributed by atoms with Crippen LogP contribution < -0.4 is 9.64 Å². The van der Waals surface area contributed by atoms with E-state index in [1.807, 2.05) is 55.6 Å². The molecule has 0 bridgehead atoms. The van der Waals surface area contributed by atoms with Gasteiger partial charge in [-0.3, -0.25) is 4.79 Å². The number of para-hydroxylation sites is 2. The van der Waals surface area contributed by atoms with Gasteiger partial charge in [0.2, 0.25) is 5.91 Å². The van der Waals surface area contributed by atoms with Crippen LogP contribution >= 0.6 is 0 Å². The Morgan fingerprint density at radius 1 is 0.862 bits per heavy atom. The Labute approximate surface area is 172 Å². The van der Waals surface area contributed by atoms with Gasteiger partial charge in [-0.15, -0.1) is 0 Å². The van der Waals surface area contributed by atoms with Gasteiger partial charge in [-0.25, -0.2) is 0 Å². The van der Waals surface area contributed by atoms with Gasteiger partial charge in [0.05, 0.1) is 18.7 Å². The first-order chi connectivity index (χ1) is 14.2. The number of amides is 1. The minimum Gasteiger partial charge on any atom is -0.495 e. The monoisotopic (exact) mass is 383 g/mol. The zero-order chi connectivity index (χ0) is 20.2. The number of carbonyl (C=O) groups is 1. The lowest BCUT2D eigenvalue weighted by Gasteiger charge is -2.25. The first-order valence-electron chi connectivity index (χ1n) is 9.95. The van der Waals surface area contributed by atoms with E-state index in [4.69, 9.17) is 4.74 Å². The van der Waals surface area contributed by atoms with Crippen LogP contribution in [0.4, 0.5) is 5.69 Å². The van der Waals surface area contributed by atoms with E-state index in [0.29, 0.717) is 5.75 Å². The largest absolute Gasteiger partial charge is 0.495 e. The average Bonchev–Trinajstić information content (AvgIpc) is 3.24. The summed E-state index contributed by atoms with van der Waals surface area (Å²) in [5.74, 6) is 0.622. The molecule has 1 aliphatic rings. The summed E-state index contributed by atoms with van der Waals surface area (Å²) < 4.78 is 5.48. The highest BCUT2D eigenvalue weighted by atomic mass is 16.5. The topological polar surface area (TPSA) is 29.5 Å². The number of ether oxygens (including phenoxy) is 1. The van der Waals surface area contributed by atoms with Gasteiger partial charge in [0.25, 0.3) is 0 Å². The maximum absolute atomic E-state index is 13.6. The maximum Gasteiger partial charge on any atom is 0.234 e. The lowest BCUT2D eigenvalue weighted by molar-refractivity contribution is -0.120. The summed E-state index contributed by atoms with van der Waals surface area (Å²) in [4.78, 5) is 15.3. The number of carbonyl (C=O) groups excluding carboxylic acids is 1. The molecule has 0 fully saturated rings. The molecule has 29 heavy (non-hydrogen) atoms. The lowest BCUT2D eigenvalue weighted by atomic mass is 9.90. The number of anilines is 1. The van der Waals surface area contributed by atoms with Gasteiger partial charge in [-0.05, 0) is 47.2 Å². The van der Waals surface area contributed by atoms with Gasteiger partial charge in [0.1, 0.15) is 5.75 Å². The molecule has 0 heterocycles. The molecule has 146 valence electrons. The van der Waals surface area contributed by atoms with Gasteiger partial charge < -0.3 is 9.64 Å². The summed E-state index contributed by atoms with van der Waals surface area (Å²) in [7, 11) is 3.47. The van der Waals surface area contributed by atoms with Crippen LogP contribution in [0.15, 0.2) is 84.9 Å². The van der Waals surface area contributed by atoms with Gasteiger partial charge in [-0.2, -0.15) is 0 Å². The first kappa shape index (κ1) is 19.0. The molecule has 0 aromatic heterocycles. The van der Waals surface area contributed by atoms with E-state index >= 15 is 0 Å². The normalized spacial score (nSPS) is 16.0. The Hall–Kier alpha value is -3.33. The molecule has 0 spiro atoms. The number of nitrogens with zero attached hydrogens (tertiary/aromatic N) is 1. The van der Waals surface area contributed by atoms with Gasteiger partial charge in [0.15, 0.2) is 0 Å². The second-order valence-corrected chi connectivity index (χ2v) is 7.28. The van der Waals surface area contributed by atoms with Crippen molar-refractivity contribution in [2.75, 3.05) is 19.1 Å². The van der Waals surface area contributed by atoms with Gasteiger partial charge >= 0.3 is 0 Å². The molecule has 1 amide bonds. The van der Waals surface area contributed by atoms with Crippen LogP contribution in [0.2, 0.25) is 0 Å². The zero-order valence-electron chi connectivity index (χ0n) is 16.8. The predicted octanol–water partition coefficient (Wildman–Crippen LogP) is 5.68. The minimum absolute atomic E-state index is 0.0966. The molecule has 3 heteroatoms. The number of benzene rings is 3. The van der Waals surface area contributed by atoms with E-state index in [1.165, 1.54) is 11.1 Å². The summed E-state index contributed by atoms with van der Waals surface area (Å²) in [5, 5.41) is 0. The van der Waals surface area contributed by atoms with Crippen LogP contribution in [0.1, 0.15) is 24.0 Å². The van der Waals surface area contributed by atoms with Crippen molar-refractivity contribution in [1.29, 1.82) is 0 Å². The molecule has 0 N–H and O–H groups in total. The Kier molecular flexibility index (Phi) is 5.48. The Morgan fingerprint density at radius 3 is 2.10 bits per heavy atom. The van der Waals surface area contributed by atoms with Crippen molar-refractivity contribution in [2.24, 2.45) is 5.92 Å². The van der Waals surface area contributed by atoms with Crippen molar-refractivity contribution in [3.63, 3.8) is 0 Å². The fourth-order valence-electron chi connectivity index (χ4n) is 4.22. The predicted molar refractivity (Wildman–Crippen MR) is 119 cm³/mol. The Bertz CT molecular complexity index is 1020. The Balaban J connectivity index is 1.76. The Morgan fingerprint density at radius 2 is 1.45 bits per heavy atom. The summed E-state index contributed by atoms with van der Waals surface area (Å²) in [6, 6.07) is 28.4. The quantitative estimate of drug-likeness (QED) is 0.567. The summed E-state index contributed by atoms with van der Waals surface area (Å²) in [6.07, 6.45) is 1.71. The number of methoxy groups -OCH3 is 1. The second-order valence-electron chi connectivity index (χ2n) is 7.28. The van der Waals surface area contributed by atoms with E-state index in [9.17, 15) is 4.79 Å². The second kappa shape index (κ2) is 8.36. The number of hydrogen-bond acceptors (Lipinski definition) is 2. The smallest absolute Gasteiger partial charge is 0.234 e. The highest BCUT2D eigenvalue weighted by Crippen LogP contribution is 2.45. The molecular weight excluding hydrogens is 358 g/mol. The molecule has 4 rings (SSSR count). The van der Waals surface area contributed by atoms with Crippen LogP contribution in [-0.2, 0) is 4.79 Å². The molecule has 3 aromatic rings. The third-order valence-corrected chi connectivity index (χ3v) is 5.64. The van der Waals surface area contributed by atoms with Crippen molar-refractivity contribution in [3.8, 4) is 5.75 Å². The SMILES string of the molecule is COc1ccccc1N(C)C(=O)[C@H]1CCC(c2ccccc2)=C1c1ccccc1. The van der Waals surface area contributed by atoms with Crippen molar-refractivity contribution in [1.82, 2.24) is 0 Å². The molecule has 0 unspecified atom stereocenters. The molecule has 3 aromatic carbocycles. The van der Waals surface area contributed by atoms with E-state index in [2.05, 4.69) is 36.4 Å². The van der Waals surface area contributed by atoms with Crippen LogP contribution in [0.3, 0.4) is 0 Å². The maximum atomic E-state index is 13.6. The lowest BCUT2D eigenvalue weighted by Crippen LogP contribution is -2.32. The van der Waals surface area contributed by atoms with Crippen LogP contribution in [0, 0.1) is 5.92 Å². The minimum atomic E-state index is -0.178. The summed E-state index contributed by atoms with van der Waals surface area (Å²) in [5.41, 5.74) is 5.52. The highest BCUT2D eigenvalue weighted by Gasteiger charge is 2.35. The number of allylic oxidation sites excluding steroid dienone is 1. The molecule has 1 aliphatic carbocycles. The molecule has 0 saturated carbocycles. The fraction of sp³-hybridized carbons (Fsp3) is 0.192. The number of rotatable bonds is 5. The number of hydrogen-bond donors (Lipinski definition) is 0. The molecule has 1 atom stereocenters. The van der Waals surface area contributed by atoms with E-state index in [0.717, 1.165) is 29.7 Å². The summed E-state index contributed by atoms with van der Waals surface area (Å²) >= 11 is 0. The van der Waals surface area contributed by atoms with Crippen LogP contribution in [0.25, 0.3) is 11.1 Å². The van der Waals surface area contributed by atoms with E-state index < -0.39 is 0 Å². The van der Waals surface area contributed by atoms with Crippen molar-refractivity contribution in [3.05, 3.63) is 96.1 Å². The molecule has 3 nitrogen and oxygen atoms in total. The fourth-order valence-corrected chi connectivity index (χ4v) is 4.22. The third kappa shape index (κ3) is 3.68. The standard InChI is InChI=1S/C26H25NO2/c1-27(23-15-9-10-16-24(23)29-2)26(28)22-18-17-21(19-11-5-3-6-12-19)25(22)20-13-7-4-8-14-20/h3-16,22H,17-18H2,1-2H3/t22-/m0/s1. The molecule has 0 radical (unpaired) electrons. The van der Waals surface area contributed by atoms with Gasteiger partial charge in [-0.1, -0.05) is 72.8 Å². The van der Waals surface area contributed by atoms with Crippen molar-refractivity contribution < 1.29 is 9.53 Å². The van der Waals surface area contributed by atoms with Crippen LogP contribution in [0.5, 0.6) is 5.75 Å². The first-order valence-corrected chi connectivity index (χ1v) is 9.95. The van der Waals surface area contributed by atoms with E-state index in [1.54, 1.807) is 12.0 Å². The van der Waals surface area contributed by atoms with Crippen LogP contribution in [-0.4, -0.2) is 20.1 Å². The average molecular weight is 383 g/mol. The summed E-state index contributed by atoms with van der Waals surface area (Å²) in [6.45, 7) is 0. The molecule has 0 aliphatic heterocycles. The van der Waals surface area contributed by atoms with Gasteiger partial charge in [0, 0.05) is 7.05 Å². The molecule has 0 saturated heterocycles. The molecular formula is C26H25NO2. The third-order valence-electron chi connectivity index (χ3n) is 5.64. The van der Waals surface area contributed by atoms with Crippen molar-refractivity contribution >= 4 is 22.7 Å². The van der Waals surface area contributed by atoms with E-state index in [-0.39, 0.29) is 11.8 Å².